The third-order valence-corrected chi connectivity index (χ3v) is 3.03. The zero-order chi connectivity index (χ0) is 15.5. The molecule has 1 amide bonds. The Kier molecular flexibility index (Phi) is 4.53. The van der Waals surface area contributed by atoms with Crippen LogP contribution in [0.4, 0.5) is 4.79 Å². The van der Waals surface area contributed by atoms with Crippen LogP contribution in [-0.4, -0.2) is 24.3 Å². The summed E-state index contributed by atoms with van der Waals surface area (Å²) >= 11 is 0. The number of amides is 1. The normalized spacial score (nSPS) is 13.1. The van der Waals surface area contributed by atoms with Crippen molar-refractivity contribution in [2.75, 3.05) is 6.54 Å². The lowest BCUT2D eigenvalue weighted by atomic mass is 10.1. The van der Waals surface area contributed by atoms with Crippen LogP contribution >= 0.6 is 0 Å². The third kappa shape index (κ3) is 4.23. The Bertz CT molecular complexity index is 613. The minimum absolute atomic E-state index is 0.194. The van der Waals surface area contributed by atoms with E-state index in [1.165, 1.54) is 0 Å². The van der Waals surface area contributed by atoms with Gasteiger partial charge in [-0.05, 0) is 33.3 Å². The molecule has 5 heteroatoms. The van der Waals surface area contributed by atoms with Gasteiger partial charge in [-0.15, -0.1) is 0 Å². The van der Waals surface area contributed by atoms with Gasteiger partial charge < -0.3 is 20.2 Å². The zero-order valence-electron chi connectivity index (χ0n) is 12.7. The van der Waals surface area contributed by atoms with Gasteiger partial charge in [0.05, 0.1) is 6.26 Å². The maximum absolute atomic E-state index is 11.8. The SMILES string of the molecule is CC(C)(C)OC(=O)N[C@@H](CN)Cc1coc2ccccc12. The number of hydrogen-bond acceptors (Lipinski definition) is 4. The van der Waals surface area contributed by atoms with Crippen LogP contribution in [0.1, 0.15) is 26.3 Å². The molecule has 0 radical (unpaired) electrons. The molecule has 1 atom stereocenters. The van der Waals surface area contributed by atoms with Crippen LogP contribution in [0.15, 0.2) is 34.9 Å². The van der Waals surface area contributed by atoms with Gasteiger partial charge in [0, 0.05) is 23.5 Å². The van der Waals surface area contributed by atoms with E-state index in [4.69, 9.17) is 14.9 Å². The van der Waals surface area contributed by atoms with Gasteiger partial charge in [-0.1, -0.05) is 18.2 Å². The van der Waals surface area contributed by atoms with Crippen LogP contribution < -0.4 is 11.1 Å². The van der Waals surface area contributed by atoms with Crippen LogP contribution in [0.25, 0.3) is 11.0 Å². The van der Waals surface area contributed by atoms with E-state index in [1.54, 1.807) is 6.26 Å². The number of benzene rings is 1. The average molecular weight is 290 g/mol. The molecular weight excluding hydrogens is 268 g/mol. The highest BCUT2D eigenvalue weighted by Gasteiger charge is 2.20. The second-order valence-electron chi connectivity index (χ2n) is 6.04. The molecule has 0 unspecified atom stereocenters. The largest absolute Gasteiger partial charge is 0.464 e. The molecule has 114 valence electrons. The molecule has 0 aliphatic carbocycles. The molecule has 1 aromatic heterocycles. The summed E-state index contributed by atoms with van der Waals surface area (Å²) < 4.78 is 10.7. The number of alkyl carbamates (subject to hydrolysis) is 1. The zero-order valence-corrected chi connectivity index (χ0v) is 12.7. The Balaban J connectivity index is 2.04. The van der Waals surface area contributed by atoms with Gasteiger partial charge in [0.25, 0.3) is 0 Å². The van der Waals surface area contributed by atoms with Crippen LogP contribution in [0.5, 0.6) is 0 Å². The summed E-state index contributed by atoms with van der Waals surface area (Å²) in [5, 5.41) is 3.84. The minimum atomic E-state index is -0.522. The summed E-state index contributed by atoms with van der Waals surface area (Å²) in [6, 6.07) is 7.60. The lowest BCUT2D eigenvalue weighted by Crippen LogP contribution is -2.44. The first kappa shape index (κ1) is 15.4. The van der Waals surface area contributed by atoms with Crippen molar-refractivity contribution in [3.8, 4) is 0 Å². The summed E-state index contributed by atoms with van der Waals surface area (Å²) in [6.07, 6.45) is 1.86. The molecule has 0 spiro atoms. The van der Waals surface area contributed by atoms with Gasteiger partial charge in [-0.25, -0.2) is 4.79 Å². The Morgan fingerprint density at radius 1 is 1.38 bits per heavy atom. The fourth-order valence-electron chi connectivity index (χ4n) is 2.12. The summed E-state index contributed by atoms with van der Waals surface area (Å²) in [4.78, 5) is 11.8. The van der Waals surface area contributed by atoms with E-state index in [0.29, 0.717) is 13.0 Å². The van der Waals surface area contributed by atoms with Crippen molar-refractivity contribution >= 4 is 17.1 Å². The van der Waals surface area contributed by atoms with E-state index in [-0.39, 0.29) is 6.04 Å². The number of nitrogens with one attached hydrogen (secondary N) is 1. The highest BCUT2D eigenvalue weighted by Crippen LogP contribution is 2.21. The van der Waals surface area contributed by atoms with Gasteiger partial charge in [-0.2, -0.15) is 0 Å². The fourth-order valence-corrected chi connectivity index (χ4v) is 2.12. The molecule has 1 heterocycles. The lowest BCUT2D eigenvalue weighted by Gasteiger charge is -2.22. The smallest absolute Gasteiger partial charge is 0.407 e. The Labute approximate surface area is 124 Å². The number of carbonyl (C=O) groups is 1. The van der Waals surface area contributed by atoms with E-state index in [0.717, 1.165) is 16.5 Å². The quantitative estimate of drug-likeness (QED) is 0.907. The Morgan fingerprint density at radius 3 is 2.76 bits per heavy atom. The first-order valence-corrected chi connectivity index (χ1v) is 7.04. The predicted molar refractivity (Wildman–Crippen MR) is 82.1 cm³/mol. The van der Waals surface area contributed by atoms with Crippen LogP contribution in [-0.2, 0) is 11.2 Å². The maximum Gasteiger partial charge on any atom is 0.407 e. The van der Waals surface area contributed by atoms with Crippen LogP contribution in [0.2, 0.25) is 0 Å². The first-order valence-electron chi connectivity index (χ1n) is 7.04. The number of rotatable bonds is 4. The lowest BCUT2D eigenvalue weighted by molar-refractivity contribution is 0.0506. The molecule has 0 aliphatic heterocycles. The second-order valence-corrected chi connectivity index (χ2v) is 6.04. The molecule has 5 nitrogen and oxygen atoms in total. The molecular formula is C16H22N2O3. The summed E-state index contributed by atoms with van der Waals surface area (Å²) in [7, 11) is 0. The second kappa shape index (κ2) is 6.18. The number of carbonyl (C=O) groups excluding carboxylic acids is 1. The van der Waals surface area contributed by atoms with Gasteiger partial charge in [-0.3, -0.25) is 0 Å². The number of hydrogen-bond donors (Lipinski definition) is 2. The molecule has 0 fully saturated rings. The van der Waals surface area contributed by atoms with Crippen molar-refractivity contribution in [3.05, 3.63) is 36.1 Å². The van der Waals surface area contributed by atoms with Crippen LogP contribution in [0.3, 0.4) is 0 Å². The number of ether oxygens (including phenoxy) is 1. The highest BCUT2D eigenvalue weighted by atomic mass is 16.6. The predicted octanol–water partition coefficient (Wildman–Crippen LogP) is 2.83. The summed E-state index contributed by atoms with van der Waals surface area (Å²) in [6.45, 7) is 5.81. The molecule has 0 bridgehead atoms. The highest BCUT2D eigenvalue weighted by molar-refractivity contribution is 5.81. The monoisotopic (exact) mass is 290 g/mol. The molecule has 21 heavy (non-hydrogen) atoms. The number of fused-ring (bicyclic) bond motifs is 1. The summed E-state index contributed by atoms with van der Waals surface area (Å²) in [5.41, 5.74) is 7.08. The first-order chi connectivity index (χ1) is 9.89. The van der Waals surface area contributed by atoms with Crippen molar-refractivity contribution in [1.82, 2.24) is 5.32 Å². The van der Waals surface area contributed by atoms with E-state index in [9.17, 15) is 4.79 Å². The molecule has 3 N–H and O–H groups in total. The van der Waals surface area contributed by atoms with E-state index in [1.807, 2.05) is 45.0 Å². The van der Waals surface area contributed by atoms with Crippen molar-refractivity contribution < 1.29 is 13.9 Å². The summed E-state index contributed by atoms with van der Waals surface area (Å²) in [5.74, 6) is 0. The van der Waals surface area contributed by atoms with Crippen LogP contribution in [0, 0.1) is 0 Å². The topological polar surface area (TPSA) is 77.5 Å². The van der Waals surface area contributed by atoms with Crippen molar-refractivity contribution in [3.63, 3.8) is 0 Å². The van der Waals surface area contributed by atoms with Crippen molar-refractivity contribution in [2.24, 2.45) is 5.73 Å². The van der Waals surface area contributed by atoms with E-state index >= 15 is 0 Å². The third-order valence-electron chi connectivity index (χ3n) is 3.03. The molecule has 0 saturated heterocycles. The van der Waals surface area contributed by atoms with Gasteiger partial charge >= 0.3 is 6.09 Å². The molecule has 2 rings (SSSR count). The van der Waals surface area contributed by atoms with Crippen molar-refractivity contribution in [2.45, 2.75) is 38.8 Å². The Hall–Kier alpha value is -2.01. The number of furan rings is 1. The van der Waals surface area contributed by atoms with Gasteiger partial charge in [0.2, 0.25) is 0 Å². The Morgan fingerprint density at radius 2 is 2.10 bits per heavy atom. The molecule has 0 aliphatic rings. The number of para-hydroxylation sites is 1. The van der Waals surface area contributed by atoms with Gasteiger partial charge in [0.1, 0.15) is 11.2 Å². The average Bonchev–Trinajstić information content (AvgIpc) is 2.79. The van der Waals surface area contributed by atoms with E-state index in [2.05, 4.69) is 5.32 Å². The number of nitrogens with two attached hydrogens (primary N) is 1. The molecule has 2 aromatic rings. The maximum atomic E-state index is 11.8. The minimum Gasteiger partial charge on any atom is -0.464 e. The molecule has 1 aromatic carbocycles. The van der Waals surface area contributed by atoms with E-state index < -0.39 is 11.7 Å². The van der Waals surface area contributed by atoms with Crippen molar-refractivity contribution in [1.29, 1.82) is 0 Å². The fraction of sp³-hybridized carbons (Fsp3) is 0.438. The standard InChI is InChI=1S/C16H22N2O3/c1-16(2,3)21-15(19)18-12(9-17)8-11-10-20-14-7-5-4-6-13(11)14/h4-7,10,12H,8-9,17H2,1-3H3,(H,18,19)/t12-/m1/s1. The van der Waals surface area contributed by atoms with Gasteiger partial charge in [0.15, 0.2) is 0 Å². The molecule has 0 saturated carbocycles.